The Hall–Kier alpha value is -1.42. The summed E-state index contributed by atoms with van der Waals surface area (Å²) in [6.07, 6.45) is 0. The van der Waals surface area contributed by atoms with Crippen LogP contribution in [0.1, 0.15) is 12.6 Å². The Morgan fingerprint density at radius 2 is 1.88 bits per heavy atom. The second kappa shape index (κ2) is 5.27. The Balaban J connectivity index is 2.42. The molecule has 0 bridgehead atoms. The van der Waals surface area contributed by atoms with Crippen molar-refractivity contribution in [2.45, 2.75) is 13.8 Å². The number of rotatable bonds is 3. The third-order valence-electron chi connectivity index (χ3n) is 2.49. The third kappa shape index (κ3) is 2.82. The van der Waals surface area contributed by atoms with E-state index >= 15 is 0 Å². The molecular formula is C13H14BrN3. The molecule has 0 radical (unpaired) electrons. The molecule has 17 heavy (non-hydrogen) atoms. The average molecular weight is 292 g/mol. The van der Waals surface area contributed by atoms with Crippen LogP contribution in [0.25, 0.3) is 11.1 Å². The first-order chi connectivity index (χ1) is 8.20. The minimum atomic E-state index is 0.816. The number of anilines is 1. The van der Waals surface area contributed by atoms with Gasteiger partial charge in [-0.25, -0.2) is 0 Å². The largest absolute Gasteiger partial charge is 0.369 e. The molecule has 1 aromatic carbocycles. The SMILES string of the molecule is CCNc1cc(-c2ccc(Br)cc2)c(C)nn1. The van der Waals surface area contributed by atoms with E-state index in [-0.39, 0.29) is 0 Å². The van der Waals surface area contributed by atoms with Crippen molar-refractivity contribution in [3.63, 3.8) is 0 Å². The number of aryl methyl sites for hydroxylation is 1. The molecule has 3 nitrogen and oxygen atoms in total. The lowest BCUT2D eigenvalue weighted by Crippen LogP contribution is -2.02. The van der Waals surface area contributed by atoms with Crippen molar-refractivity contribution in [1.82, 2.24) is 10.2 Å². The maximum absolute atomic E-state index is 4.17. The molecule has 0 saturated heterocycles. The highest BCUT2D eigenvalue weighted by Gasteiger charge is 2.05. The standard InChI is InChI=1S/C13H14BrN3/c1-3-15-13-8-12(9(2)16-17-13)10-4-6-11(14)7-5-10/h4-8H,3H2,1-2H3,(H,15,17). The molecule has 0 amide bonds. The van der Waals surface area contributed by atoms with Gasteiger partial charge >= 0.3 is 0 Å². The van der Waals surface area contributed by atoms with Gasteiger partial charge < -0.3 is 5.32 Å². The molecule has 0 spiro atoms. The molecule has 0 unspecified atom stereocenters. The van der Waals surface area contributed by atoms with Gasteiger partial charge in [-0.05, 0) is 37.6 Å². The second-order valence-electron chi connectivity index (χ2n) is 3.77. The highest BCUT2D eigenvalue weighted by molar-refractivity contribution is 9.10. The van der Waals surface area contributed by atoms with Gasteiger partial charge in [-0.3, -0.25) is 0 Å². The van der Waals surface area contributed by atoms with Crippen LogP contribution in [0.15, 0.2) is 34.8 Å². The first kappa shape index (κ1) is 12.0. The summed E-state index contributed by atoms with van der Waals surface area (Å²) in [6, 6.07) is 10.2. The van der Waals surface area contributed by atoms with Crippen LogP contribution in [0.2, 0.25) is 0 Å². The molecule has 0 aliphatic carbocycles. The number of hydrogen-bond acceptors (Lipinski definition) is 3. The van der Waals surface area contributed by atoms with Crippen molar-refractivity contribution in [3.05, 3.63) is 40.5 Å². The monoisotopic (exact) mass is 291 g/mol. The van der Waals surface area contributed by atoms with Gasteiger partial charge in [0.25, 0.3) is 0 Å². The van der Waals surface area contributed by atoms with Crippen LogP contribution in [-0.2, 0) is 0 Å². The summed E-state index contributed by atoms with van der Waals surface area (Å²) < 4.78 is 1.08. The van der Waals surface area contributed by atoms with Gasteiger partial charge in [0.05, 0.1) is 5.69 Å². The summed E-state index contributed by atoms with van der Waals surface area (Å²) in [7, 11) is 0. The van der Waals surface area contributed by atoms with Crippen molar-refractivity contribution < 1.29 is 0 Å². The van der Waals surface area contributed by atoms with Crippen molar-refractivity contribution in [3.8, 4) is 11.1 Å². The number of halogens is 1. The fraction of sp³-hybridized carbons (Fsp3) is 0.231. The molecule has 0 atom stereocenters. The van der Waals surface area contributed by atoms with Gasteiger partial charge in [-0.1, -0.05) is 28.1 Å². The second-order valence-corrected chi connectivity index (χ2v) is 4.68. The molecule has 4 heteroatoms. The number of benzene rings is 1. The Morgan fingerprint density at radius 3 is 2.53 bits per heavy atom. The highest BCUT2D eigenvalue weighted by atomic mass is 79.9. The van der Waals surface area contributed by atoms with E-state index in [1.807, 2.05) is 32.0 Å². The van der Waals surface area contributed by atoms with Crippen LogP contribution in [0.4, 0.5) is 5.82 Å². The van der Waals surface area contributed by atoms with Crippen LogP contribution < -0.4 is 5.32 Å². The van der Waals surface area contributed by atoms with Crippen LogP contribution in [0, 0.1) is 6.92 Å². The summed E-state index contributed by atoms with van der Waals surface area (Å²) in [4.78, 5) is 0. The molecule has 1 N–H and O–H groups in total. The zero-order valence-corrected chi connectivity index (χ0v) is 11.5. The highest BCUT2D eigenvalue weighted by Crippen LogP contribution is 2.25. The first-order valence-corrected chi connectivity index (χ1v) is 6.34. The van der Waals surface area contributed by atoms with E-state index in [1.165, 1.54) is 0 Å². The molecule has 2 aromatic rings. The zero-order chi connectivity index (χ0) is 12.3. The van der Waals surface area contributed by atoms with E-state index in [1.54, 1.807) is 0 Å². The van der Waals surface area contributed by atoms with Crippen LogP contribution in [0.3, 0.4) is 0 Å². The first-order valence-electron chi connectivity index (χ1n) is 5.55. The van der Waals surface area contributed by atoms with E-state index in [9.17, 15) is 0 Å². The molecule has 0 aliphatic heterocycles. The van der Waals surface area contributed by atoms with Gasteiger partial charge in [-0.15, -0.1) is 5.10 Å². The van der Waals surface area contributed by atoms with Crippen molar-refractivity contribution in [2.24, 2.45) is 0 Å². The number of nitrogens with one attached hydrogen (secondary N) is 1. The maximum Gasteiger partial charge on any atom is 0.149 e. The summed E-state index contributed by atoms with van der Waals surface area (Å²) in [5, 5.41) is 11.4. The molecule has 1 heterocycles. The van der Waals surface area contributed by atoms with Crippen molar-refractivity contribution in [2.75, 3.05) is 11.9 Å². The molecule has 0 aliphatic rings. The van der Waals surface area contributed by atoms with E-state index in [0.29, 0.717) is 0 Å². The fourth-order valence-electron chi connectivity index (χ4n) is 1.64. The Morgan fingerprint density at radius 1 is 1.18 bits per heavy atom. The molecule has 0 saturated carbocycles. The molecule has 1 aromatic heterocycles. The molecule has 0 fully saturated rings. The summed E-state index contributed by atoms with van der Waals surface area (Å²) in [5.74, 6) is 0.816. The molecule has 88 valence electrons. The summed E-state index contributed by atoms with van der Waals surface area (Å²) >= 11 is 3.44. The van der Waals surface area contributed by atoms with Gasteiger partial charge in [0.1, 0.15) is 5.82 Å². The molecule has 2 rings (SSSR count). The Bertz CT molecular complexity index is 509. The van der Waals surface area contributed by atoms with Gasteiger partial charge in [0, 0.05) is 16.6 Å². The maximum atomic E-state index is 4.17. The Labute approximate surface area is 109 Å². The minimum absolute atomic E-state index is 0.816. The minimum Gasteiger partial charge on any atom is -0.369 e. The summed E-state index contributed by atoms with van der Waals surface area (Å²) in [6.45, 7) is 4.86. The lowest BCUT2D eigenvalue weighted by Gasteiger charge is -2.08. The number of aromatic nitrogens is 2. The van der Waals surface area contributed by atoms with Crippen LogP contribution in [-0.4, -0.2) is 16.7 Å². The van der Waals surface area contributed by atoms with E-state index in [2.05, 4.69) is 43.6 Å². The lowest BCUT2D eigenvalue weighted by atomic mass is 10.1. The smallest absolute Gasteiger partial charge is 0.149 e. The topological polar surface area (TPSA) is 37.8 Å². The predicted octanol–water partition coefficient (Wildman–Crippen LogP) is 3.65. The molecular weight excluding hydrogens is 278 g/mol. The number of nitrogens with zero attached hydrogens (tertiary/aromatic N) is 2. The summed E-state index contributed by atoms with van der Waals surface area (Å²) in [5.41, 5.74) is 3.21. The third-order valence-corrected chi connectivity index (χ3v) is 3.02. The average Bonchev–Trinajstić information content (AvgIpc) is 2.33. The lowest BCUT2D eigenvalue weighted by molar-refractivity contribution is 0.973. The van der Waals surface area contributed by atoms with E-state index in [4.69, 9.17) is 0 Å². The fourth-order valence-corrected chi connectivity index (χ4v) is 1.91. The van der Waals surface area contributed by atoms with E-state index in [0.717, 1.165) is 33.7 Å². The zero-order valence-electron chi connectivity index (χ0n) is 9.87. The Kier molecular flexibility index (Phi) is 3.74. The quantitative estimate of drug-likeness (QED) is 0.938. The van der Waals surface area contributed by atoms with Gasteiger partial charge in [-0.2, -0.15) is 5.10 Å². The van der Waals surface area contributed by atoms with Gasteiger partial charge in [0.15, 0.2) is 0 Å². The predicted molar refractivity (Wildman–Crippen MR) is 74.1 cm³/mol. The van der Waals surface area contributed by atoms with E-state index < -0.39 is 0 Å². The van der Waals surface area contributed by atoms with Crippen LogP contribution >= 0.6 is 15.9 Å². The normalized spacial score (nSPS) is 10.3. The van der Waals surface area contributed by atoms with Crippen molar-refractivity contribution in [1.29, 1.82) is 0 Å². The van der Waals surface area contributed by atoms with Crippen LogP contribution in [0.5, 0.6) is 0 Å². The number of hydrogen-bond donors (Lipinski definition) is 1. The van der Waals surface area contributed by atoms with Crippen molar-refractivity contribution >= 4 is 21.7 Å². The van der Waals surface area contributed by atoms with Gasteiger partial charge in [0.2, 0.25) is 0 Å².